The lowest BCUT2D eigenvalue weighted by Gasteiger charge is -2.03. The number of nitrogens with one attached hydrogen (secondary N) is 1. The average molecular weight is 234 g/mol. The standard InChI is InChI=1S/C13H15FN2O/c1-4-13(16-10(2)14)15-9-11-5-7-12(17-3)8-6-11/h4-8H,1-2,9H2,3H3,(H,15,16). The smallest absolute Gasteiger partial charge is 0.185 e. The quantitative estimate of drug-likeness (QED) is 0.483. The molecule has 0 aliphatic carbocycles. The van der Waals surface area contributed by atoms with Crippen LogP contribution in [0, 0.1) is 0 Å². The first-order chi connectivity index (χ1) is 8.15. The number of hydrogen-bond acceptors (Lipinski definition) is 2. The molecule has 1 aromatic carbocycles. The van der Waals surface area contributed by atoms with Crippen molar-refractivity contribution in [3.8, 4) is 5.75 Å². The molecule has 90 valence electrons. The van der Waals surface area contributed by atoms with Gasteiger partial charge in [0.15, 0.2) is 5.95 Å². The number of ether oxygens (including phenoxy) is 1. The molecule has 0 atom stereocenters. The zero-order valence-electron chi connectivity index (χ0n) is 9.74. The van der Waals surface area contributed by atoms with Crippen LogP contribution >= 0.6 is 0 Å². The predicted octanol–water partition coefficient (Wildman–Crippen LogP) is 2.81. The molecule has 0 saturated carbocycles. The zero-order chi connectivity index (χ0) is 12.7. The predicted molar refractivity (Wildman–Crippen MR) is 67.7 cm³/mol. The van der Waals surface area contributed by atoms with Crippen LogP contribution < -0.4 is 10.1 Å². The molecule has 1 N–H and O–H groups in total. The van der Waals surface area contributed by atoms with Crippen LogP contribution in [-0.2, 0) is 6.54 Å². The summed E-state index contributed by atoms with van der Waals surface area (Å²) in [5, 5.41) is 2.37. The molecule has 0 heterocycles. The number of nitrogens with zero attached hydrogens (tertiary/aromatic N) is 1. The Morgan fingerprint density at radius 1 is 1.47 bits per heavy atom. The summed E-state index contributed by atoms with van der Waals surface area (Å²) >= 11 is 0. The summed E-state index contributed by atoms with van der Waals surface area (Å²) in [7, 11) is 1.61. The van der Waals surface area contributed by atoms with Gasteiger partial charge in [-0.2, -0.15) is 4.39 Å². The Morgan fingerprint density at radius 2 is 2.12 bits per heavy atom. The third-order valence-corrected chi connectivity index (χ3v) is 2.05. The van der Waals surface area contributed by atoms with Crippen molar-refractivity contribution in [3.05, 3.63) is 55.0 Å². The molecular formula is C13H15FN2O. The first kappa shape index (κ1) is 13.0. The van der Waals surface area contributed by atoms with Gasteiger partial charge >= 0.3 is 0 Å². The highest BCUT2D eigenvalue weighted by molar-refractivity contribution is 5.93. The SMILES string of the molecule is C=CC(=NCc1ccc(OC)cc1)NC(=C)F. The molecular weight excluding hydrogens is 219 g/mol. The molecule has 0 amide bonds. The fourth-order valence-electron chi connectivity index (χ4n) is 1.20. The molecule has 3 nitrogen and oxygen atoms in total. The van der Waals surface area contributed by atoms with Gasteiger partial charge in [0.25, 0.3) is 0 Å². The van der Waals surface area contributed by atoms with E-state index in [0.717, 1.165) is 11.3 Å². The van der Waals surface area contributed by atoms with E-state index in [1.807, 2.05) is 24.3 Å². The van der Waals surface area contributed by atoms with Crippen LogP contribution in [0.4, 0.5) is 4.39 Å². The van der Waals surface area contributed by atoms with Crippen molar-refractivity contribution < 1.29 is 9.13 Å². The lowest BCUT2D eigenvalue weighted by molar-refractivity contribution is 0.414. The molecule has 0 radical (unpaired) electrons. The van der Waals surface area contributed by atoms with Crippen molar-refractivity contribution in [1.82, 2.24) is 5.32 Å². The lowest BCUT2D eigenvalue weighted by Crippen LogP contribution is -2.17. The van der Waals surface area contributed by atoms with Crippen LogP contribution in [0.2, 0.25) is 0 Å². The minimum Gasteiger partial charge on any atom is -0.497 e. The molecule has 0 fully saturated rings. The van der Waals surface area contributed by atoms with Gasteiger partial charge < -0.3 is 10.1 Å². The summed E-state index contributed by atoms with van der Waals surface area (Å²) in [6.45, 7) is 7.07. The minimum absolute atomic E-state index is 0.355. The van der Waals surface area contributed by atoms with Crippen LogP contribution in [0.1, 0.15) is 5.56 Å². The second kappa shape index (κ2) is 6.48. The summed E-state index contributed by atoms with van der Waals surface area (Å²) in [5.41, 5.74) is 0.997. The molecule has 0 aliphatic heterocycles. The van der Waals surface area contributed by atoms with Gasteiger partial charge in [0.1, 0.15) is 11.6 Å². The molecule has 0 aliphatic rings. The minimum atomic E-state index is -0.654. The van der Waals surface area contributed by atoms with Crippen LogP contribution in [0.5, 0.6) is 5.75 Å². The van der Waals surface area contributed by atoms with Crippen molar-refractivity contribution in [1.29, 1.82) is 0 Å². The van der Waals surface area contributed by atoms with Gasteiger partial charge in [0, 0.05) is 0 Å². The van der Waals surface area contributed by atoms with E-state index in [1.165, 1.54) is 6.08 Å². The third-order valence-electron chi connectivity index (χ3n) is 2.05. The largest absolute Gasteiger partial charge is 0.497 e. The Balaban J connectivity index is 2.66. The highest BCUT2D eigenvalue weighted by atomic mass is 19.1. The number of halogens is 1. The van der Waals surface area contributed by atoms with Gasteiger partial charge in [0.05, 0.1) is 13.7 Å². The van der Waals surface area contributed by atoms with Crippen molar-refractivity contribution in [2.75, 3.05) is 7.11 Å². The average Bonchev–Trinajstić information content (AvgIpc) is 2.34. The fourth-order valence-corrected chi connectivity index (χ4v) is 1.20. The van der Waals surface area contributed by atoms with Crippen molar-refractivity contribution in [2.45, 2.75) is 6.54 Å². The first-order valence-corrected chi connectivity index (χ1v) is 5.07. The Labute approximate surface area is 100 Å². The topological polar surface area (TPSA) is 33.6 Å². The highest BCUT2D eigenvalue weighted by Gasteiger charge is 1.96. The van der Waals surface area contributed by atoms with Crippen LogP contribution in [0.3, 0.4) is 0 Å². The summed E-state index contributed by atoms with van der Waals surface area (Å²) < 4.78 is 17.6. The Hall–Kier alpha value is -2.10. The Bertz CT molecular complexity index is 424. The highest BCUT2D eigenvalue weighted by Crippen LogP contribution is 2.11. The summed E-state index contributed by atoms with van der Waals surface area (Å²) in [5.74, 6) is 0.489. The molecule has 4 heteroatoms. The van der Waals surface area contributed by atoms with Gasteiger partial charge in [-0.15, -0.1) is 0 Å². The van der Waals surface area contributed by atoms with Crippen molar-refractivity contribution in [2.24, 2.45) is 4.99 Å². The second-order valence-electron chi connectivity index (χ2n) is 3.28. The Kier molecular flexibility index (Phi) is 4.94. The van der Waals surface area contributed by atoms with E-state index in [4.69, 9.17) is 4.74 Å². The van der Waals surface area contributed by atoms with Crippen molar-refractivity contribution in [3.63, 3.8) is 0 Å². The molecule has 1 rings (SSSR count). The van der Waals surface area contributed by atoms with E-state index in [-0.39, 0.29) is 0 Å². The molecule has 17 heavy (non-hydrogen) atoms. The van der Waals surface area contributed by atoms with Gasteiger partial charge in [0.2, 0.25) is 0 Å². The Morgan fingerprint density at radius 3 is 2.59 bits per heavy atom. The number of benzene rings is 1. The van der Waals surface area contributed by atoms with E-state index >= 15 is 0 Å². The number of rotatable bonds is 5. The maximum absolute atomic E-state index is 12.5. The fraction of sp³-hybridized carbons (Fsp3) is 0.154. The maximum Gasteiger partial charge on any atom is 0.185 e. The van der Waals surface area contributed by atoms with E-state index in [0.29, 0.717) is 12.4 Å². The van der Waals surface area contributed by atoms with Gasteiger partial charge in [-0.3, -0.25) is 4.99 Å². The van der Waals surface area contributed by atoms with Crippen LogP contribution in [-0.4, -0.2) is 12.9 Å². The van der Waals surface area contributed by atoms with Crippen LogP contribution in [0.15, 0.2) is 54.4 Å². The number of methoxy groups -OCH3 is 1. The summed E-state index contributed by atoms with van der Waals surface area (Å²) in [6, 6.07) is 7.49. The molecule has 0 saturated heterocycles. The summed E-state index contributed by atoms with van der Waals surface area (Å²) in [6.07, 6.45) is 1.44. The number of amidine groups is 1. The third kappa shape index (κ3) is 4.51. The molecule has 1 aromatic rings. The zero-order valence-corrected chi connectivity index (χ0v) is 9.74. The van der Waals surface area contributed by atoms with Gasteiger partial charge in [-0.05, 0) is 30.4 Å². The monoisotopic (exact) mass is 234 g/mol. The second-order valence-corrected chi connectivity index (χ2v) is 3.28. The van der Waals surface area contributed by atoms with Crippen molar-refractivity contribution >= 4 is 5.84 Å². The number of hydrogen-bond donors (Lipinski definition) is 1. The molecule has 0 spiro atoms. The normalized spacial score (nSPS) is 10.8. The number of aliphatic imine (C=N–C) groups is 1. The molecule has 0 unspecified atom stereocenters. The van der Waals surface area contributed by atoms with E-state index < -0.39 is 5.95 Å². The van der Waals surface area contributed by atoms with Gasteiger partial charge in [-0.1, -0.05) is 18.7 Å². The van der Waals surface area contributed by atoms with E-state index in [2.05, 4.69) is 23.5 Å². The summed E-state index contributed by atoms with van der Waals surface area (Å²) in [4.78, 5) is 4.15. The van der Waals surface area contributed by atoms with E-state index in [9.17, 15) is 4.39 Å². The lowest BCUT2D eigenvalue weighted by atomic mass is 10.2. The van der Waals surface area contributed by atoms with E-state index in [1.54, 1.807) is 7.11 Å². The molecule has 0 bridgehead atoms. The van der Waals surface area contributed by atoms with Crippen LogP contribution in [0.25, 0.3) is 0 Å². The molecule has 0 aromatic heterocycles. The first-order valence-electron chi connectivity index (χ1n) is 5.07. The van der Waals surface area contributed by atoms with Gasteiger partial charge in [-0.25, -0.2) is 0 Å². The maximum atomic E-state index is 12.5.